The molecule has 5 N–H and O–H groups in total. The zero-order valence-corrected chi connectivity index (χ0v) is 48.2. The van der Waals surface area contributed by atoms with E-state index in [4.69, 9.17) is 33.5 Å². The van der Waals surface area contributed by atoms with Crippen molar-refractivity contribution in [2.45, 2.75) is 174 Å². The molecule has 0 amide bonds. The zero-order chi connectivity index (χ0) is 59.9. The molecule has 3 aromatic carbocycles. The highest BCUT2D eigenvalue weighted by molar-refractivity contribution is 5.96. The van der Waals surface area contributed by atoms with E-state index in [-0.39, 0.29) is 34.5 Å². The summed E-state index contributed by atoms with van der Waals surface area (Å²) in [4.78, 5) is 77.5. The van der Waals surface area contributed by atoms with E-state index in [1.807, 2.05) is 31.2 Å². The van der Waals surface area contributed by atoms with Crippen LogP contribution >= 0.6 is 0 Å². The molecule has 2 saturated heterocycles. The number of hydrogen-bond donors (Lipinski definition) is 5. The van der Waals surface area contributed by atoms with Crippen LogP contribution in [0.2, 0.25) is 0 Å². The molecule has 5 aliphatic carbocycles. The summed E-state index contributed by atoms with van der Waals surface area (Å²) in [6.45, 7) is 15.2. The zero-order valence-electron chi connectivity index (χ0n) is 48.2. The van der Waals surface area contributed by atoms with E-state index in [1.165, 1.54) is 4.85 Å². The molecule has 19 unspecified atom stereocenters. The Bertz CT molecular complexity index is 3660. The van der Waals surface area contributed by atoms with Crippen LogP contribution < -0.4 is 14.5 Å². The van der Waals surface area contributed by atoms with Crippen LogP contribution in [0.15, 0.2) is 84.4 Å². The Morgan fingerprint density at radius 2 is 1.09 bits per heavy atom. The van der Waals surface area contributed by atoms with Gasteiger partial charge in [-0.25, -0.2) is 14.4 Å². The third-order valence-corrected chi connectivity index (χ3v) is 21.7. The second-order valence-corrected chi connectivity index (χ2v) is 26.7. The Balaban J connectivity index is 0.774. The Labute approximate surface area is 487 Å². The minimum Gasteiger partial charge on any atom is -0.387 e. The molecule has 6 fully saturated rings. The van der Waals surface area contributed by atoms with Crippen LogP contribution in [-0.2, 0) is 38.1 Å². The highest BCUT2D eigenvalue weighted by Crippen LogP contribution is 2.75. The van der Waals surface area contributed by atoms with Crippen LogP contribution in [0, 0.1) is 50.2 Å². The SMILES string of the molecule is CC1(C(=O)On2nnc3ccccc32)CCC2(C)CCC3(C)C(=CC(=O)C4C5(C)CCC(OC6OC(C(=O)On7nnc8ccccc87)C(O)C(O)C6OC6OC(C(=O)On7nnc8ccccc87)C(O)C(O)C6O)C(C)(C)C5CCC43C)C2C1. The third kappa shape index (κ3) is 8.96. The number of aromatic nitrogens is 9. The fourth-order valence-corrected chi connectivity index (χ4v) is 16.5. The monoisotopic (exact) mass is 1170 g/mol. The van der Waals surface area contributed by atoms with Gasteiger partial charge in [0.15, 0.2) is 30.6 Å². The van der Waals surface area contributed by atoms with Crippen molar-refractivity contribution in [1.82, 2.24) is 45.5 Å². The van der Waals surface area contributed by atoms with Crippen molar-refractivity contribution in [1.29, 1.82) is 0 Å². The van der Waals surface area contributed by atoms with Crippen LogP contribution in [0.1, 0.15) is 106 Å². The maximum absolute atomic E-state index is 15.5. The summed E-state index contributed by atoms with van der Waals surface area (Å²) < 4.78 is 25.4. The Kier molecular flexibility index (Phi) is 13.8. The Morgan fingerprint density at radius 1 is 0.576 bits per heavy atom. The van der Waals surface area contributed by atoms with E-state index in [0.717, 1.165) is 34.5 Å². The summed E-state index contributed by atoms with van der Waals surface area (Å²) in [5.41, 5.74) is 0.441. The summed E-state index contributed by atoms with van der Waals surface area (Å²) >= 11 is 0. The number of hydrogen-bond acceptors (Lipinski definition) is 22. The highest BCUT2D eigenvalue weighted by Gasteiger charge is 2.71. The highest BCUT2D eigenvalue weighted by atomic mass is 16.8. The first kappa shape index (κ1) is 57.4. The minimum atomic E-state index is -2.09. The van der Waals surface area contributed by atoms with Crippen molar-refractivity contribution < 1.29 is 78.2 Å². The lowest BCUT2D eigenvalue weighted by Crippen LogP contribution is -2.68. The standard InChI is InChI=1S/C60H71N9O16/c1-55(2)39-20-23-60(7)49(38(70)28-30-31-29-57(4,25-24-56(31,3)26-27-59(30,60)6)54(78)85-69-37-19-13-10-16-34(37)63-66-69)58(39,5)22-21-40(55)79-53-48(44(74)43(73)47(81-53)51(77)84-68-36-18-12-9-15-33(36)62-65-68)82-52-45(75)41(71)42(72)46(80-52)50(76)83-67-35-17-11-8-14-32(35)61-64-67/h8-19,28,31,39-49,52-53,71-75H,20-27,29H2,1-7H3. The first-order chi connectivity index (χ1) is 40.4. The van der Waals surface area contributed by atoms with Gasteiger partial charge in [-0.1, -0.05) is 98.0 Å². The molecular formula is C60H71N9O16. The van der Waals surface area contributed by atoms with Gasteiger partial charge in [-0.2, -0.15) is 0 Å². The Hall–Kier alpha value is -6.68. The number of aliphatic hydroxyl groups is 5. The molecule has 25 nitrogen and oxygen atoms in total. The molecule has 13 rings (SSSR count). The van der Waals surface area contributed by atoms with E-state index in [9.17, 15) is 39.9 Å². The van der Waals surface area contributed by atoms with Crippen LogP contribution in [-0.4, -0.2) is 162 Å². The van der Waals surface area contributed by atoms with Crippen molar-refractivity contribution in [3.05, 3.63) is 84.4 Å². The fourth-order valence-electron chi connectivity index (χ4n) is 16.5. The third-order valence-electron chi connectivity index (χ3n) is 21.7. The van der Waals surface area contributed by atoms with Gasteiger partial charge in [0.2, 0.25) is 0 Å². The molecule has 452 valence electrons. The molecule has 7 aliphatic rings. The number of ketones is 1. The fraction of sp³-hybridized carbons (Fsp3) is 0.600. The number of benzene rings is 3. The van der Waals surface area contributed by atoms with Gasteiger partial charge in [-0.3, -0.25) is 4.79 Å². The lowest BCUT2D eigenvalue weighted by molar-refractivity contribution is -0.371. The molecule has 0 bridgehead atoms. The topological polar surface area (TPSA) is 326 Å². The quantitative estimate of drug-likeness (QED) is 0.0971. The van der Waals surface area contributed by atoms with Crippen molar-refractivity contribution in [3.8, 4) is 0 Å². The van der Waals surface area contributed by atoms with Gasteiger partial charge in [0, 0.05) is 5.92 Å². The second-order valence-electron chi connectivity index (χ2n) is 26.7. The maximum Gasteiger partial charge on any atom is 0.366 e. The van der Waals surface area contributed by atoms with Crippen molar-refractivity contribution in [3.63, 3.8) is 0 Å². The van der Waals surface area contributed by atoms with Crippen LogP contribution in [0.5, 0.6) is 0 Å². The van der Waals surface area contributed by atoms with Crippen LogP contribution in [0.25, 0.3) is 33.1 Å². The average Bonchev–Trinajstić information content (AvgIpc) is 1.26. The number of aliphatic hydroxyl groups excluding tert-OH is 5. The van der Waals surface area contributed by atoms with Gasteiger partial charge in [0.1, 0.15) is 69.7 Å². The molecule has 5 heterocycles. The van der Waals surface area contributed by atoms with E-state index in [0.29, 0.717) is 66.1 Å². The van der Waals surface area contributed by atoms with Crippen molar-refractivity contribution in [2.75, 3.05) is 0 Å². The number of carbonyl (C=O) groups is 4. The molecule has 0 spiro atoms. The lowest BCUT2D eigenvalue weighted by Gasteiger charge is -2.70. The van der Waals surface area contributed by atoms with Crippen molar-refractivity contribution >= 4 is 56.8 Å². The number of ether oxygens (including phenoxy) is 4. The molecule has 6 aromatic rings. The Morgan fingerprint density at radius 3 is 1.67 bits per heavy atom. The molecule has 4 saturated carbocycles. The number of nitrogens with zero attached hydrogens (tertiary/aromatic N) is 9. The van der Waals surface area contributed by atoms with Gasteiger partial charge in [0.05, 0.1) is 11.5 Å². The molecule has 19 atom stereocenters. The van der Waals surface area contributed by atoms with Gasteiger partial charge in [-0.05, 0) is 162 Å². The van der Waals surface area contributed by atoms with Crippen LogP contribution in [0.4, 0.5) is 0 Å². The number of carbonyl (C=O) groups excluding carboxylic acids is 4. The summed E-state index contributed by atoms with van der Waals surface area (Å²) in [6.07, 6.45) is -12.8. The normalized spacial score (nSPS) is 39.7. The largest absolute Gasteiger partial charge is 0.387 e. The number of allylic oxidation sites excluding steroid dienone is 2. The van der Waals surface area contributed by atoms with E-state index in [2.05, 4.69) is 72.5 Å². The summed E-state index contributed by atoms with van der Waals surface area (Å²) in [6, 6.07) is 20.5. The van der Waals surface area contributed by atoms with E-state index < -0.39 is 112 Å². The van der Waals surface area contributed by atoms with Crippen LogP contribution in [0.3, 0.4) is 0 Å². The van der Waals surface area contributed by atoms with Gasteiger partial charge < -0.3 is 59.0 Å². The first-order valence-electron chi connectivity index (χ1n) is 29.3. The smallest absolute Gasteiger partial charge is 0.366 e. The van der Waals surface area contributed by atoms with Gasteiger partial charge in [0.25, 0.3) is 0 Å². The maximum atomic E-state index is 15.5. The molecule has 2 aliphatic heterocycles. The summed E-state index contributed by atoms with van der Waals surface area (Å²) in [5.74, 6) is -3.40. The van der Waals surface area contributed by atoms with Gasteiger partial charge in [-0.15, -0.1) is 15.3 Å². The number of rotatable bonds is 10. The van der Waals surface area contributed by atoms with Crippen molar-refractivity contribution in [2.24, 2.45) is 50.2 Å². The predicted octanol–water partition coefficient (Wildman–Crippen LogP) is 3.19. The lowest BCUT2D eigenvalue weighted by atomic mass is 9.33. The summed E-state index contributed by atoms with van der Waals surface area (Å²) in [7, 11) is 0. The average molecular weight is 1170 g/mol. The summed E-state index contributed by atoms with van der Waals surface area (Å²) in [5, 5.41) is 81.6. The minimum absolute atomic E-state index is 0.0587. The number of para-hydroxylation sites is 3. The molecule has 0 radical (unpaired) electrons. The molecular weight excluding hydrogens is 1100 g/mol. The molecule has 85 heavy (non-hydrogen) atoms. The molecule has 3 aromatic heterocycles. The van der Waals surface area contributed by atoms with E-state index in [1.54, 1.807) is 54.6 Å². The molecule has 25 heteroatoms. The van der Waals surface area contributed by atoms with Gasteiger partial charge >= 0.3 is 17.9 Å². The van der Waals surface area contributed by atoms with E-state index >= 15 is 4.79 Å². The second kappa shape index (κ2) is 20.5. The first-order valence-corrected chi connectivity index (χ1v) is 29.3. The predicted molar refractivity (Wildman–Crippen MR) is 294 cm³/mol. The number of fused-ring (bicyclic) bond motifs is 10.